The molecule has 3 atom stereocenters. The van der Waals surface area contributed by atoms with Gasteiger partial charge in [0.2, 0.25) is 0 Å². The number of amides is 1. The molecule has 1 aromatic carbocycles. The molecule has 2 rings (SSSR count). The molecule has 138 valence electrons. The van der Waals surface area contributed by atoms with Gasteiger partial charge in [-0.15, -0.1) is 6.58 Å². The first-order valence-electron chi connectivity index (χ1n) is 8.43. The van der Waals surface area contributed by atoms with Gasteiger partial charge >= 0.3 is 6.09 Å². The Morgan fingerprint density at radius 1 is 1.40 bits per heavy atom. The van der Waals surface area contributed by atoms with Gasteiger partial charge < -0.3 is 15.4 Å². The summed E-state index contributed by atoms with van der Waals surface area (Å²) < 4.78 is 32.2. The van der Waals surface area contributed by atoms with Crippen molar-refractivity contribution >= 4 is 6.09 Å². The molecule has 1 unspecified atom stereocenters. The number of hydrogen-bond acceptors (Lipinski definition) is 3. The van der Waals surface area contributed by atoms with Crippen LogP contribution in [0, 0.1) is 11.6 Å². The SMILES string of the molecule is C=CCC1C[C@@H](c2ccc(F)c(F)c2)[C@H](N)CN1C(=O)OC(C)(C)C. The third-order valence-corrected chi connectivity index (χ3v) is 4.33. The first-order valence-corrected chi connectivity index (χ1v) is 8.43. The van der Waals surface area contributed by atoms with Gasteiger partial charge in [-0.25, -0.2) is 13.6 Å². The predicted octanol–water partition coefficient (Wildman–Crippen LogP) is 3.96. The monoisotopic (exact) mass is 352 g/mol. The first-order chi connectivity index (χ1) is 11.6. The molecule has 1 heterocycles. The summed E-state index contributed by atoms with van der Waals surface area (Å²) in [6, 6.07) is 3.31. The second-order valence-electron chi connectivity index (χ2n) is 7.49. The van der Waals surface area contributed by atoms with E-state index < -0.39 is 29.4 Å². The van der Waals surface area contributed by atoms with E-state index in [1.54, 1.807) is 37.8 Å². The van der Waals surface area contributed by atoms with Crippen LogP contribution in [-0.4, -0.2) is 35.2 Å². The minimum absolute atomic E-state index is 0.148. The van der Waals surface area contributed by atoms with Crippen molar-refractivity contribution in [3.8, 4) is 0 Å². The first kappa shape index (κ1) is 19.4. The van der Waals surface area contributed by atoms with Gasteiger partial charge in [0.05, 0.1) is 0 Å². The summed E-state index contributed by atoms with van der Waals surface area (Å²) in [7, 11) is 0. The summed E-state index contributed by atoms with van der Waals surface area (Å²) in [5.41, 5.74) is 6.30. The maximum Gasteiger partial charge on any atom is 0.410 e. The molecule has 1 fully saturated rings. The molecule has 0 bridgehead atoms. The van der Waals surface area contributed by atoms with Crippen LogP contribution in [0.4, 0.5) is 13.6 Å². The van der Waals surface area contributed by atoms with Crippen molar-refractivity contribution in [2.45, 2.75) is 57.2 Å². The largest absolute Gasteiger partial charge is 0.444 e. The molecule has 6 heteroatoms. The van der Waals surface area contributed by atoms with Gasteiger partial charge in [-0.3, -0.25) is 0 Å². The van der Waals surface area contributed by atoms with E-state index in [1.807, 2.05) is 0 Å². The molecule has 25 heavy (non-hydrogen) atoms. The molecule has 1 amide bonds. The van der Waals surface area contributed by atoms with Crippen LogP contribution >= 0.6 is 0 Å². The topological polar surface area (TPSA) is 55.6 Å². The number of nitrogens with two attached hydrogens (primary N) is 1. The van der Waals surface area contributed by atoms with Crippen LogP contribution in [0.2, 0.25) is 0 Å². The van der Waals surface area contributed by atoms with Gasteiger partial charge in [0.25, 0.3) is 0 Å². The highest BCUT2D eigenvalue weighted by Gasteiger charge is 2.38. The summed E-state index contributed by atoms with van der Waals surface area (Å²) in [5.74, 6) is -1.94. The van der Waals surface area contributed by atoms with Crippen LogP contribution < -0.4 is 5.73 Å². The number of carbonyl (C=O) groups is 1. The Morgan fingerprint density at radius 3 is 2.64 bits per heavy atom. The number of halogens is 2. The van der Waals surface area contributed by atoms with Gasteiger partial charge in [-0.1, -0.05) is 12.1 Å². The predicted molar refractivity (Wildman–Crippen MR) is 93.2 cm³/mol. The second kappa shape index (κ2) is 7.52. The van der Waals surface area contributed by atoms with Crippen molar-refractivity contribution in [3.05, 3.63) is 48.1 Å². The van der Waals surface area contributed by atoms with Crippen LogP contribution in [-0.2, 0) is 4.74 Å². The molecule has 1 aliphatic heterocycles. The zero-order chi connectivity index (χ0) is 18.8. The third kappa shape index (κ3) is 4.78. The van der Waals surface area contributed by atoms with E-state index in [9.17, 15) is 13.6 Å². The lowest BCUT2D eigenvalue weighted by Crippen LogP contribution is -2.55. The molecule has 1 aromatic rings. The summed E-state index contributed by atoms with van der Waals surface area (Å²) in [4.78, 5) is 14.1. The van der Waals surface area contributed by atoms with E-state index in [2.05, 4.69) is 6.58 Å². The maximum absolute atomic E-state index is 13.6. The maximum atomic E-state index is 13.6. The van der Waals surface area contributed by atoms with Gasteiger partial charge in [-0.05, 0) is 51.3 Å². The Labute approximate surface area is 147 Å². The zero-order valence-corrected chi connectivity index (χ0v) is 15.0. The molecule has 1 saturated heterocycles. The Kier molecular flexibility index (Phi) is 5.83. The molecular formula is C19H26F2N2O2. The molecule has 0 aliphatic carbocycles. The number of carbonyl (C=O) groups excluding carboxylic acids is 1. The highest BCUT2D eigenvalue weighted by atomic mass is 19.2. The Hall–Kier alpha value is -1.95. The fourth-order valence-electron chi connectivity index (χ4n) is 3.18. The van der Waals surface area contributed by atoms with Gasteiger partial charge in [0.1, 0.15) is 5.60 Å². The van der Waals surface area contributed by atoms with E-state index in [4.69, 9.17) is 10.5 Å². The molecule has 0 aromatic heterocycles. The number of ether oxygens (including phenoxy) is 1. The highest BCUT2D eigenvalue weighted by molar-refractivity contribution is 5.69. The van der Waals surface area contributed by atoms with Crippen molar-refractivity contribution < 1.29 is 18.3 Å². The standard InChI is InChI=1S/C19H26F2N2O2/c1-5-6-13-10-14(12-7-8-15(20)16(21)9-12)17(22)11-23(13)18(24)25-19(2,3)4/h5,7-9,13-14,17H,1,6,10-11,22H2,2-4H3/t13?,14-,17+/m0/s1. The Balaban J connectivity index is 2.22. The number of likely N-dealkylation sites (tertiary alicyclic amines) is 1. The van der Waals surface area contributed by atoms with E-state index in [1.165, 1.54) is 6.07 Å². The van der Waals surface area contributed by atoms with Crippen LogP contribution in [0.1, 0.15) is 45.1 Å². The van der Waals surface area contributed by atoms with Gasteiger partial charge in [-0.2, -0.15) is 0 Å². The van der Waals surface area contributed by atoms with Crippen LogP contribution in [0.5, 0.6) is 0 Å². The summed E-state index contributed by atoms with van der Waals surface area (Å²) >= 11 is 0. The molecule has 0 radical (unpaired) electrons. The summed E-state index contributed by atoms with van der Waals surface area (Å²) in [6.07, 6.45) is 2.43. The fourth-order valence-corrected chi connectivity index (χ4v) is 3.18. The number of piperidine rings is 1. The Bertz CT molecular complexity index is 643. The van der Waals surface area contributed by atoms with E-state index in [0.717, 1.165) is 6.07 Å². The average Bonchev–Trinajstić information content (AvgIpc) is 2.50. The molecule has 2 N–H and O–H groups in total. The molecule has 0 saturated carbocycles. The van der Waals surface area contributed by atoms with Crippen LogP contribution in [0.3, 0.4) is 0 Å². The summed E-state index contributed by atoms with van der Waals surface area (Å²) in [6.45, 7) is 9.46. The van der Waals surface area contributed by atoms with Crippen molar-refractivity contribution in [2.24, 2.45) is 5.73 Å². The van der Waals surface area contributed by atoms with Crippen LogP contribution in [0.15, 0.2) is 30.9 Å². The normalized spacial score (nSPS) is 24.1. The molecule has 0 spiro atoms. The zero-order valence-electron chi connectivity index (χ0n) is 15.0. The lowest BCUT2D eigenvalue weighted by atomic mass is 9.81. The second-order valence-corrected chi connectivity index (χ2v) is 7.49. The number of benzene rings is 1. The van der Waals surface area contributed by atoms with Crippen molar-refractivity contribution in [1.82, 2.24) is 4.90 Å². The molecule has 1 aliphatic rings. The number of hydrogen-bond donors (Lipinski definition) is 1. The smallest absolute Gasteiger partial charge is 0.410 e. The summed E-state index contributed by atoms with van der Waals surface area (Å²) in [5, 5.41) is 0. The van der Waals surface area contributed by atoms with Crippen molar-refractivity contribution in [1.29, 1.82) is 0 Å². The van der Waals surface area contributed by atoms with E-state index >= 15 is 0 Å². The van der Waals surface area contributed by atoms with Gasteiger partial charge in [0, 0.05) is 24.5 Å². The van der Waals surface area contributed by atoms with Crippen molar-refractivity contribution in [3.63, 3.8) is 0 Å². The van der Waals surface area contributed by atoms with Crippen molar-refractivity contribution in [2.75, 3.05) is 6.54 Å². The van der Waals surface area contributed by atoms with E-state index in [-0.39, 0.29) is 18.5 Å². The van der Waals surface area contributed by atoms with Crippen LogP contribution in [0.25, 0.3) is 0 Å². The number of nitrogens with zero attached hydrogens (tertiary/aromatic N) is 1. The third-order valence-electron chi connectivity index (χ3n) is 4.33. The quantitative estimate of drug-likeness (QED) is 0.838. The highest BCUT2D eigenvalue weighted by Crippen LogP contribution is 2.34. The Morgan fingerprint density at radius 2 is 2.08 bits per heavy atom. The minimum atomic E-state index is -0.889. The molecular weight excluding hydrogens is 326 g/mol. The van der Waals surface area contributed by atoms with E-state index in [0.29, 0.717) is 18.4 Å². The number of rotatable bonds is 3. The molecule has 4 nitrogen and oxygen atoms in total. The fraction of sp³-hybridized carbons (Fsp3) is 0.526. The minimum Gasteiger partial charge on any atom is -0.444 e. The lowest BCUT2D eigenvalue weighted by molar-refractivity contribution is 0.00584. The lowest BCUT2D eigenvalue weighted by Gasteiger charge is -2.43. The average molecular weight is 352 g/mol. The van der Waals surface area contributed by atoms with Gasteiger partial charge in [0.15, 0.2) is 11.6 Å².